The van der Waals surface area contributed by atoms with Crippen LogP contribution in [-0.2, 0) is 9.47 Å². The molecular weight excluding hydrogens is 429 g/mol. The standard InChI is InChI=1S/C23H24FN5O4/c1-12-25-6-5-16(27-12)20-21(28-17-4-2-3-15(24)22(17)30)18-19(29-20)13(10-26-23(18)31)9-14-11-32-7-8-33-14/h2-6,13-14,28-30H,7-11H2,1H3,(H,26,31)/t13-,14+/m1/s1. The van der Waals surface area contributed by atoms with Gasteiger partial charge >= 0.3 is 0 Å². The maximum absolute atomic E-state index is 14.0. The summed E-state index contributed by atoms with van der Waals surface area (Å²) in [6, 6.07) is 5.91. The lowest BCUT2D eigenvalue weighted by molar-refractivity contribution is -0.0928. The van der Waals surface area contributed by atoms with Gasteiger partial charge < -0.3 is 30.2 Å². The van der Waals surface area contributed by atoms with E-state index in [-0.39, 0.29) is 23.6 Å². The maximum Gasteiger partial charge on any atom is 0.255 e. The average molecular weight is 453 g/mol. The molecule has 1 aromatic carbocycles. The Kier molecular flexibility index (Phi) is 5.69. The quantitative estimate of drug-likeness (QED) is 0.438. The zero-order valence-electron chi connectivity index (χ0n) is 18.0. The van der Waals surface area contributed by atoms with Crippen LogP contribution in [0.3, 0.4) is 0 Å². The van der Waals surface area contributed by atoms with Gasteiger partial charge in [-0.15, -0.1) is 0 Å². The number of hydrogen-bond donors (Lipinski definition) is 4. The molecule has 0 saturated carbocycles. The Bertz CT molecular complexity index is 1190. The van der Waals surface area contributed by atoms with Crippen LogP contribution in [0.15, 0.2) is 30.5 Å². The second-order valence-electron chi connectivity index (χ2n) is 8.12. The molecule has 10 heteroatoms. The first-order chi connectivity index (χ1) is 16.0. The molecule has 0 spiro atoms. The van der Waals surface area contributed by atoms with Crippen molar-refractivity contribution in [3.05, 3.63) is 53.4 Å². The molecule has 5 rings (SSSR count). The first-order valence-electron chi connectivity index (χ1n) is 10.8. The normalized spacial score (nSPS) is 20.2. The number of aromatic hydroxyl groups is 1. The highest BCUT2D eigenvalue weighted by Gasteiger charge is 2.35. The number of carbonyl (C=O) groups excluding carboxylic acids is 1. The number of anilines is 2. The molecule has 4 heterocycles. The second kappa shape index (κ2) is 8.80. The van der Waals surface area contributed by atoms with Gasteiger partial charge in [-0.2, -0.15) is 0 Å². The van der Waals surface area contributed by atoms with Crippen LogP contribution in [0.1, 0.15) is 34.2 Å². The number of aryl methyl sites for hydroxylation is 1. The van der Waals surface area contributed by atoms with Crippen LogP contribution in [0, 0.1) is 12.7 Å². The molecule has 0 unspecified atom stereocenters. The number of halogens is 1. The van der Waals surface area contributed by atoms with E-state index in [4.69, 9.17) is 9.47 Å². The van der Waals surface area contributed by atoms with E-state index in [2.05, 4.69) is 25.6 Å². The lowest BCUT2D eigenvalue weighted by atomic mass is 9.91. The van der Waals surface area contributed by atoms with Gasteiger partial charge in [0.1, 0.15) is 5.82 Å². The van der Waals surface area contributed by atoms with Crippen molar-refractivity contribution >= 4 is 17.3 Å². The number of carbonyl (C=O) groups is 1. The van der Waals surface area contributed by atoms with Crippen LogP contribution >= 0.6 is 0 Å². The van der Waals surface area contributed by atoms with Crippen molar-refractivity contribution in [1.29, 1.82) is 0 Å². The van der Waals surface area contributed by atoms with E-state index in [1.165, 1.54) is 12.1 Å². The molecule has 1 saturated heterocycles. The molecular formula is C23H24FN5O4. The molecule has 2 atom stereocenters. The zero-order chi connectivity index (χ0) is 22.9. The van der Waals surface area contributed by atoms with E-state index >= 15 is 0 Å². The van der Waals surface area contributed by atoms with E-state index in [0.29, 0.717) is 61.2 Å². The van der Waals surface area contributed by atoms with Crippen LogP contribution in [0.25, 0.3) is 11.4 Å². The third-order valence-electron chi connectivity index (χ3n) is 5.88. The SMILES string of the molecule is Cc1nccc(-c2[nH]c3c(c2Nc2cccc(F)c2O)C(=O)NC[C@H]3C[C@H]2COCCO2)n1. The molecule has 0 radical (unpaired) electrons. The largest absolute Gasteiger partial charge is 0.503 e. The van der Waals surface area contributed by atoms with Crippen LogP contribution in [0.4, 0.5) is 15.8 Å². The van der Waals surface area contributed by atoms with Crippen LogP contribution < -0.4 is 10.6 Å². The second-order valence-corrected chi connectivity index (χ2v) is 8.12. The van der Waals surface area contributed by atoms with Crippen LogP contribution in [0.2, 0.25) is 0 Å². The van der Waals surface area contributed by atoms with Crippen molar-refractivity contribution in [1.82, 2.24) is 20.3 Å². The number of fused-ring (bicyclic) bond motifs is 1. The van der Waals surface area contributed by atoms with E-state index < -0.39 is 11.6 Å². The number of amides is 1. The predicted molar refractivity (Wildman–Crippen MR) is 118 cm³/mol. The summed E-state index contributed by atoms with van der Waals surface area (Å²) in [5, 5.41) is 16.2. The molecule has 0 aliphatic carbocycles. The Labute approximate surface area is 189 Å². The van der Waals surface area contributed by atoms with E-state index in [1.54, 1.807) is 19.2 Å². The average Bonchev–Trinajstić information content (AvgIpc) is 3.20. The lowest BCUT2D eigenvalue weighted by Gasteiger charge is -2.29. The van der Waals surface area contributed by atoms with Crippen molar-refractivity contribution < 1.29 is 23.8 Å². The fourth-order valence-electron chi connectivity index (χ4n) is 4.32. The lowest BCUT2D eigenvalue weighted by Crippen LogP contribution is -2.38. The summed E-state index contributed by atoms with van der Waals surface area (Å²) in [4.78, 5) is 25.0. The number of ether oxygens (including phenoxy) is 2. The van der Waals surface area contributed by atoms with Crippen LogP contribution in [-0.4, -0.2) is 58.4 Å². The highest BCUT2D eigenvalue weighted by atomic mass is 19.1. The molecule has 2 aliphatic heterocycles. The number of rotatable bonds is 5. The van der Waals surface area contributed by atoms with Gasteiger partial charge in [0.2, 0.25) is 0 Å². The summed E-state index contributed by atoms with van der Waals surface area (Å²) in [5.74, 6) is -1.05. The molecule has 33 heavy (non-hydrogen) atoms. The van der Waals surface area contributed by atoms with Crippen LogP contribution in [0.5, 0.6) is 5.75 Å². The maximum atomic E-state index is 14.0. The molecule has 2 aromatic heterocycles. The Hall–Kier alpha value is -3.50. The minimum Gasteiger partial charge on any atom is -0.503 e. The summed E-state index contributed by atoms with van der Waals surface area (Å²) < 4.78 is 25.4. The smallest absolute Gasteiger partial charge is 0.255 e. The fourth-order valence-corrected chi connectivity index (χ4v) is 4.32. The third kappa shape index (κ3) is 4.14. The number of aromatic amines is 1. The minimum absolute atomic E-state index is 0.0530. The van der Waals surface area contributed by atoms with Gasteiger partial charge in [-0.05, 0) is 31.5 Å². The van der Waals surface area contributed by atoms with Gasteiger partial charge in [-0.25, -0.2) is 14.4 Å². The topological polar surface area (TPSA) is 121 Å². The molecule has 9 nitrogen and oxygen atoms in total. The number of phenols is 1. The number of nitrogens with zero attached hydrogens (tertiary/aromatic N) is 2. The minimum atomic E-state index is -0.763. The monoisotopic (exact) mass is 453 g/mol. The van der Waals surface area contributed by atoms with Gasteiger partial charge in [0, 0.05) is 24.4 Å². The van der Waals surface area contributed by atoms with Crippen molar-refractivity contribution in [2.45, 2.75) is 25.4 Å². The van der Waals surface area contributed by atoms with Crippen molar-refractivity contribution in [3.63, 3.8) is 0 Å². The number of hydrogen-bond acceptors (Lipinski definition) is 7. The number of para-hydroxylation sites is 1. The van der Waals surface area contributed by atoms with Crippen molar-refractivity contribution in [2.24, 2.45) is 0 Å². The Morgan fingerprint density at radius 3 is 2.97 bits per heavy atom. The number of benzene rings is 1. The fraction of sp³-hybridized carbons (Fsp3) is 0.348. The van der Waals surface area contributed by atoms with Gasteiger partial charge in [0.15, 0.2) is 11.6 Å². The van der Waals surface area contributed by atoms with E-state index in [1.807, 2.05) is 0 Å². The van der Waals surface area contributed by atoms with Gasteiger partial charge in [0.05, 0.1) is 54.3 Å². The number of H-pyrrole nitrogens is 1. The zero-order valence-corrected chi connectivity index (χ0v) is 18.0. The summed E-state index contributed by atoms with van der Waals surface area (Å²) in [5.41, 5.74) is 2.81. The molecule has 172 valence electrons. The molecule has 1 amide bonds. The highest BCUT2D eigenvalue weighted by Crippen LogP contribution is 2.41. The first-order valence-corrected chi connectivity index (χ1v) is 10.8. The Balaban J connectivity index is 1.61. The molecule has 3 aromatic rings. The Morgan fingerprint density at radius 1 is 1.30 bits per heavy atom. The molecule has 1 fully saturated rings. The first kappa shape index (κ1) is 21.4. The Morgan fingerprint density at radius 2 is 2.18 bits per heavy atom. The number of nitrogens with one attached hydrogen (secondary N) is 3. The molecule has 4 N–H and O–H groups in total. The third-order valence-corrected chi connectivity index (χ3v) is 5.88. The van der Waals surface area contributed by atoms with Gasteiger partial charge in [-0.1, -0.05) is 6.07 Å². The number of phenolic OH excluding ortho intramolecular Hbond substituents is 1. The van der Waals surface area contributed by atoms with E-state index in [9.17, 15) is 14.3 Å². The van der Waals surface area contributed by atoms with Crippen molar-refractivity contribution in [3.8, 4) is 17.1 Å². The summed E-state index contributed by atoms with van der Waals surface area (Å²) in [6.07, 6.45) is 2.20. The van der Waals surface area contributed by atoms with Gasteiger partial charge in [-0.3, -0.25) is 4.79 Å². The molecule has 2 aliphatic rings. The van der Waals surface area contributed by atoms with Gasteiger partial charge in [0.25, 0.3) is 5.91 Å². The van der Waals surface area contributed by atoms with E-state index in [0.717, 1.165) is 11.8 Å². The predicted octanol–water partition coefficient (Wildman–Crippen LogP) is 3.00. The summed E-state index contributed by atoms with van der Waals surface area (Å²) in [7, 11) is 0. The summed E-state index contributed by atoms with van der Waals surface area (Å²) >= 11 is 0. The summed E-state index contributed by atoms with van der Waals surface area (Å²) in [6.45, 7) is 3.83. The highest BCUT2D eigenvalue weighted by molar-refractivity contribution is 6.06. The number of aromatic nitrogens is 3. The molecule has 0 bridgehead atoms. The van der Waals surface area contributed by atoms with Crippen molar-refractivity contribution in [2.75, 3.05) is 31.7 Å².